The Morgan fingerprint density at radius 2 is 1.86 bits per heavy atom. The number of alkyl halides is 2. The van der Waals surface area contributed by atoms with Gasteiger partial charge in [-0.2, -0.15) is 0 Å². The highest BCUT2D eigenvalue weighted by Crippen LogP contribution is 2.55. The van der Waals surface area contributed by atoms with Gasteiger partial charge in [0.25, 0.3) is 11.8 Å². The van der Waals surface area contributed by atoms with E-state index < -0.39 is 49.1 Å². The third-order valence-corrected chi connectivity index (χ3v) is 10.6. The van der Waals surface area contributed by atoms with Crippen LogP contribution in [-0.2, 0) is 20.4 Å². The number of nitrogens with one attached hydrogen (secondary N) is 1. The van der Waals surface area contributed by atoms with Crippen LogP contribution >= 0.6 is 31.9 Å². The van der Waals surface area contributed by atoms with Gasteiger partial charge in [0.1, 0.15) is 20.8 Å². The molecule has 2 heterocycles. The van der Waals surface area contributed by atoms with E-state index in [1.54, 1.807) is 30.3 Å². The van der Waals surface area contributed by atoms with Crippen molar-refractivity contribution < 1.29 is 23.7 Å². The lowest BCUT2D eigenvalue weighted by atomic mass is 9.85. The lowest BCUT2D eigenvalue weighted by Crippen LogP contribution is -2.76. The molecule has 2 N–H and O–H groups in total. The van der Waals surface area contributed by atoms with E-state index in [0.29, 0.717) is 11.1 Å². The van der Waals surface area contributed by atoms with Crippen molar-refractivity contribution in [3.8, 4) is 0 Å². The number of carboxylic acid groups (broad SMARTS) is 1. The molecule has 2 aliphatic heterocycles. The third-order valence-electron chi connectivity index (χ3n) is 5.08. The molecule has 2 aliphatic rings. The molecule has 2 amide bonds. The number of hydrogen-bond acceptors (Lipinski definition) is 4. The van der Waals surface area contributed by atoms with Crippen LogP contribution in [-0.4, -0.2) is 52.4 Å². The van der Waals surface area contributed by atoms with Gasteiger partial charge in [0.2, 0.25) is 0 Å². The molecule has 1 aromatic rings. The molecule has 7 nitrogen and oxygen atoms in total. The smallest absolute Gasteiger partial charge is 0.352 e. The second kappa shape index (κ2) is 7.63. The number of carbonyl (C=O) groups is 3. The Morgan fingerprint density at radius 3 is 2.34 bits per heavy atom. The maximum Gasteiger partial charge on any atom is 0.352 e. The Bertz CT molecular complexity index is 944. The van der Waals surface area contributed by atoms with Gasteiger partial charge < -0.3 is 10.4 Å². The van der Waals surface area contributed by atoms with Gasteiger partial charge in [0.15, 0.2) is 0 Å². The first-order chi connectivity index (χ1) is 13.5. The summed E-state index contributed by atoms with van der Waals surface area (Å²) in [5.41, 5.74) is -0.154. The molecular formula is C19H20Br2N2O5S. The summed E-state index contributed by atoms with van der Waals surface area (Å²) >= 11 is 6.87. The van der Waals surface area contributed by atoms with E-state index in [2.05, 4.69) is 37.2 Å². The quantitative estimate of drug-likeness (QED) is 0.445. The number of fused-ring (bicyclic) bond motifs is 1. The molecule has 4 atom stereocenters. The zero-order valence-corrected chi connectivity index (χ0v) is 19.9. The summed E-state index contributed by atoms with van der Waals surface area (Å²) < 4.78 is 12.4. The fraction of sp³-hybridized carbons (Fsp3) is 0.421. The summed E-state index contributed by atoms with van der Waals surface area (Å²) in [5, 5.41) is 11.6. The molecule has 0 aromatic heterocycles. The van der Waals surface area contributed by atoms with Gasteiger partial charge in [-0.15, -0.1) is 0 Å². The van der Waals surface area contributed by atoms with Gasteiger partial charge in [-0.25, -0.2) is 4.79 Å². The van der Waals surface area contributed by atoms with Gasteiger partial charge in [-0.1, -0.05) is 70.8 Å². The number of hydrogen-bond donors (Lipinski definition) is 2. The monoisotopic (exact) mass is 546 g/mol. The van der Waals surface area contributed by atoms with E-state index in [1.807, 2.05) is 20.8 Å². The number of β-lactam (4-membered cyclic amide) rings is 1. The van der Waals surface area contributed by atoms with Crippen molar-refractivity contribution in [2.75, 3.05) is 5.33 Å². The molecule has 0 aliphatic carbocycles. The first-order valence-corrected chi connectivity index (χ1v) is 11.9. The lowest BCUT2D eigenvalue weighted by Gasteiger charge is -2.56. The standard InChI is InChI=1S/C19H20Br2N2O5S/c1-18(2,3)19(21)11(9-20)13(17(26)27)23-15(25)12(16(23)29(19)28)22-14(24)10-7-5-4-6-8-10/h4-8,12,16H,9H2,1-3H3,(H,22,24)(H,26,27)/t12?,16-,19?,29?/m1/s1. The topological polar surface area (TPSA) is 104 Å². The average molecular weight is 548 g/mol. The van der Waals surface area contributed by atoms with E-state index in [0.717, 1.165) is 4.90 Å². The molecular weight excluding hydrogens is 528 g/mol. The van der Waals surface area contributed by atoms with Crippen LogP contribution in [0.15, 0.2) is 41.6 Å². The van der Waals surface area contributed by atoms with E-state index in [9.17, 15) is 23.7 Å². The molecule has 0 radical (unpaired) electrons. The minimum atomic E-state index is -1.74. The zero-order chi connectivity index (χ0) is 21.7. The van der Waals surface area contributed by atoms with Crippen LogP contribution in [0.2, 0.25) is 0 Å². The fourth-order valence-electron chi connectivity index (χ4n) is 3.59. The van der Waals surface area contributed by atoms with E-state index >= 15 is 0 Å². The number of amides is 2. The largest absolute Gasteiger partial charge is 0.477 e. The highest BCUT2D eigenvalue weighted by atomic mass is 79.9. The molecule has 3 unspecified atom stereocenters. The number of carboxylic acids is 1. The Morgan fingerprint density at radius 1 is 1.28 bits per heavy atom. The minimum absolute atomic E-state index is 0.125. The Labute approximate surface area is 187 Å². The highest BCUT2D eigenvalue weighted by Gasteiger charge is 2.66. The Hall–Kier alpha value is -1.52. The van der Waals surface area contributed by atoms with E-state index in [-0.39, 0.29) is 11.0 Å². The number of nitrogens with zero attached hydrogens (tertiary/aromatic N) is 1. The minimum Gasteiger partial charge on any atom is -0.477 e. The molecule has 0 saturated carbocycles. The van der Waals surface area contributed by atoms with Crippen LogP contribution in [0.5, 0.6) is 0 Å². The normalized spacial score (nSPS) is 29.2. The summed E-state index contributed by atoms with van der Waals surface area (Å²) in [7, 11) is -1.74. The van der Waals surface area contributed by atoms with Gasteiger partial charge in [-0.05, 0) is 17.5 Å². The predicted molar refractivity (Wildman–Crippen MR) is 116 cm³/mol. The molecule has 29 heavy (non-hydrogen) atoms. The van der Waals surface area contributed by atoms with Crippen LogP contribution in [0, 0.1) is 5.41 Å². The third kappa shape index (κ3) is 3.29. The van der Waals surface area contributed by atoms with Crippen LogP contribution in [0.25, 0.3) is 0 Å². The average Bonchev–Trinajstić information content (AvgIpc) is 2.66. The van der Waals surface area contributed by atoms with Crippen molar-refractivity contribution in [2.24, 2.45) is 5.41 Å². The Kier molecular flexibility index (Phi) is 5.83. The van der Waals surface area contributed by atoms with Crippen LogP contribution < -0.4 is 5.32 Å². The van der Waals surface area contributed by atoms with Crippen molar-refractivity contribution >= 4 is 60.4 Å². The van der Waals surface area contributed by atoms with Gasteiger partial charge in [0.05, 0.1) is 10.8 Å². The summed E-state index contributed by atoms with van der Waals surface area (Å²) in [6.45, 7) is 5.53. The van der Waals surface area contributed by atoms with Crippen molar-refractivity contribution in [1.29, 1.82) is 0 Å². The fourth-order valence-corrected chi connectivity index (χ4v) is 7.92. The predicted octanol–water partition coefficient (Wildman–Crippen LogP) is 2.59. The number of carbonyl (C=O) groups excluding carboxylic acids is 2. The summed E-state index contributed by atoms with van der Waals surface area (Å²) in [6.07, 6.45) is 0. The lowest BCUT2D eigenvalue weighted by molar-refractivity contribution is -0.149. The number of rotatable bonds is 4. The molecule has 1 saturated heterocycles. The van der Waals surface area contributed by atoms with Crippen LogP contribution in [0.3, 0.4) is 0 Å². The molecule has 10 heteroatoms. The Balaban J connectivity index is 2.06. The summed E-state index contributed by atoms with van der Waals surface area (Å²) in [4.78, 5) is 38.4. The first kappa shape index (κ1) is 22.2. The van der Waals surface area contributed by atoms with E-state index in [1.165, 1.54) is 0 Å². The molecule has 1 aromatic carbocycles. The van der Waals surface area contributed by atoms with Crippen molar-refractivity contribution in [3.63, 3.8) is 0 Å². The molecule has 156 valence electrons. The summed E-state index contributed by atoms with van der Waals surface area (Å²) in [6, 6.07) is 7.28. The summed E-state index contributed by atoms with van der Waals surface area (Å²) in [5.74, 6) is -2.36. The van der Waals surface area contributed by atoms with Crippen molar-refractivity contribution in [1.82, 2.24) is 10.2 Å². The molecule has 0 bridgehead atoms. The molecule has 3 rings (SSSR count). The van der Waals surface area contributed by atoms with Gasteiger partial charge in [-0.3, -0.25) is 18.7 Å². The first-order valence-electron chi connectivity index (χ1n) is 8.78. The maximum absolute atomic E-state index is 13.6. The van der Waals surface area contributed by atoms with Crippen LogP contribution in [0.1, 0.15) is 31.1 Å². The number of halogens is 2. The maximum atomic E-state index is 13.6. The second-order valence-corrected chi connectivity index (χ2v) is 11.8. The highest BCUT2D eigenvalue weighted by molar-refractivity contribution is 9.12. The zero-order valence-electron chi connectivity index (χ0n) is 15.9. The number of benzene rings is 1. The van der Waals surface area contributed by atoms with Crippen LogP contribution in [0.4, 0.5) is 0 Å². The van der Waals surface area contributed by atoms with Gasteiger partial charge >= 0.3 is 5.97 Å². The number of aliphatic carboxylic acids is 1. The second-order valence-electron chi connectivity index (χ2n) is 7.82. The molecule has 1 fully saturated rings. The van der Waals surface area contributed by atoms with Crippen molar-refractivity contribution in [2.45, 2.75) is 35.8 Å². The molecule has 0 spiro atoms. The van der Waals surface area contributed by atoms with E-state index in [4.69, 9.17) is 0 Å². The van der Waals surface area contributed by atoms with Gasteiger partial charge in [0, 0.05) is 16.5 Å². The van der Waals surface area contributed by atoms with Crippen molar-refractivity contribution in [3.05, 3.63) is 47.2 Å². The SMILES string of the molecule is CC(C)(C)C1(Br)C(CBr)=C(C(=O)O)N2C(=O)C(NC(=O)c3ccccc3)[C@H]2S1=O.